The first-order chi connectivity index (χ1) is 12.9. The molecule has 0 saturated heterocycles. The van der Waals surface area contributed by atoms with Gasteiger partial charge in [-0.25, -0.2) is 4.79 Å². The molecule has 0 aromatic heterocycles. The first kappa shape index (κ1) is 23.0. The molecule has 1 aromatic carbocycles. The van der Waals surface area contributed by atoms with Gasteiger partial charge in [0, 0.05) is 4.47 Å². The highest BCUT2D eigenvalue weighted by atomic mass is 79.9. The summed E-state index contributed by atoms with van der Waals surface area (Å²) in [6, 6.07) is 4.78. The number of nitrogens with one attached hydrogen (secondary N) is 2. The van der Waals surface area contributed by atoms with Crippen LogP contribution in [-0.4, -0.2) is 28.6 Å². The number of anilines is 2. The van der Waals surface area contributed by atoms with E-state index in [4.69, 9.17) is 16.2 Å². The van der Waals surface area contributed by atoms with Crippen molar-refractivity contribution in [2.75, 3.05) is 10.6 Å². The standard InChI is InChI=1S/C18H23BrN4O5/c1-18(2,3)28-17(27)23-12-5-4-10(19)8-13(12)22-15(25)9-14(24)11(6-7-20)16(21)26/h4-8,24H,9,20H2,1-3H3,(H2,21,26)(H,22,25)(H,23,27)/b7-6-,14-11?. The minimum absolute atomic E-state index is 0.257. The Morgan fingerprint density at radius 3 is 2.39 bits per heavy atom. The van der Waals surface area contributed by atoms with Gasteiger partial charge in [-0.15, -0.1) is 0 Å². The fourth-order valence-electron chi connectivity index (χ4n) is 2.00. The van der Waals surface area contributed by atoms with Crippen molar-refractivity contribution in [3.8, 4) is 0 Å². The number of primary amides is 1. The molecule has 0 radical (unpaired) electrons. The van der Waals surface area contributed by atoms with Crippen LogP contribution in [0.25, 0.3) is 0 Å². The average Bonchev–Trinajstić information content (AvgIpc) is 2.52. The lowest BCUT2D eigenvalue weighted by molar-refractivity contribution is -0.116. The lowest BCUT2D eigenvalue weighted by Crippen LogP contribution is -2.27. The molecule has 0 bridgehead atoms. The number of hydrogen-bond acceptors (Lipinski definition) is 6. The van der Waals surface area contributed by atoms with E-state index in [9.17, 15) is 19.5 Å². The van der Waals surface area contributed by atoms with E-state index < -0.39 is 35.7 Å². The molecule has 9 nitrogen and oxygen atoms in total. The highest BCUT2D eigenvalue weighted by Crippen LogP contribution is 2.27. The number of carbonyl (C=O) groups is 3. The predicted octanol–water partition coefficient (Wildman–Crippen LogP) is 2.89. The van der Waals surface area contributed by atoms with Crippen LogP contribution in [0.15, 0.2) is 46.3 Å². The van der Waals surface area contributed by atoms with Gasteiger partial charge < -0.3 is 26.6 Å². The Bertz CT molecular complexity index is 828. The molecule has 10 heteroatoms. The summed E-state index contributed by atoms with van der Waals surface area (Å²) in [6.45, 7) is 5.16. The van der Waals surface area contributed by atoms with Crippen LogP contribution >= 0.6 is 15.9 Å². The molecule has 28 heavy (non-hydrogen) atoms. The number of amides is 3. The predicted molar refractivity (Wildman–Crippen MR) is 109 cm³/mol. The van der Waals surface area contributed by atoms with Crippen molar-refractivity contribution in [1.29, 1.82) is 0 Å². The molecular weight excluding hydrogens is 432 g/mol. The number of aliphatic hydroxyl groups is 1. The minimum Gasteiger partial charge on any atom is -0.511 e. The summed E-state index contributed by atoms with van der Waals surface area (Å²) in [5.41, 5.74) is 9.90. The lowest BCUT2D eigenvalue weighted by atomic mass is 10.1. The Hall–Kier alpha value is -3.01. The van der Waals surface area contributed by atoms with Crippen molar-refractivity contribution in [3.05, 3.63) is 46.3 Å². The van der Waals surface area contributed by atoms with Crippen LogP contribution in [0.1, 0.15) is 27.2 Å². The first-order valence-corrected chi connectivity index (χ1v) is 8.92. The fraction of sp³-hybridized carbons (Fsp3) is 0.278. The highest BCUT2D eigenvalue weighted by Gasteiger charge is 2.19. The lowest BCUT2D eigenvalue weighted by Gasteiger charge is -2.20. The number of halogens is 1. The SMILES string of the molecule is CC(C)(C)OC(=O)Nc1ccc(Br)cc1NC(=O)CC(O)=C(/C=C\N)C(N)=O. The number of carbonyl (C=O) groups excluding carboxylic acids is 3. The van der Waals surface area contributed by atoms with Crippen molar-refractivity contribution >= 4 is 45.2 Å². The number of nitrogens with two attached hydrogens (primary N) is 2. The summed E-state index contributed by atoms with van der Waals surface area (Å²) in [7, 11) is 0. The van der Waals surface area contributed by atoms with Crippen LogP contribution in [0, 0.1) is 0 Å². The van der Waals surface area contributed by atoms with Crippen molar-refractivity contribution in [1.82, 2.24) is 0 Å². The molecule has 152 valence electrons. The normalized spacial score (nSPS) is 12.3. The molecule has 0 heterocycles. The van der Waals surface area contributed by atoms with E-state index in [2.05, 4.69) is 26.6 Å². The Morgan fingerprint density at radius 1 is 1.21 bits per heavy atom. The van der Waals surface area contributed by atoms with Crippen LogP contribution in [0.2, 0.25) is 0 Å². The molecule has 7 N–H and O–H groups in total. The molecule has 0 aliphatic carbocycles. The Morgan fingerprint density at radius 2 is 1.86 bits per heavy atom. The van der Waals surface area contributed by atoms with Gasteiger partial charge in [0.1, 0.15) is 11.4 Å². The van der Waals surface area contributed by atoms with Crippen LogP contribution in [0.3, 0.4) is 0 Å². The van der Waals surface area contributed by atoms with Gasteiger partial charge in [0.25, 0.3) is 5.91 Å². The van der Waals surface area contributed by atoms with Crippen LogP contribution < -0.4 is 22.1 Å². The molecule has 0 unspecified atom stereocenters. The maximum absolute atomic E-state index is 12.3. The zero-order chi connectivity index (χ0) is 21.5. The topological polar surface area (TPSA) is 157 Å². The van der Waals surface area contributed by atoms with E-state index in [1.807, 2.05) is 0 Å². The number of benzene rings is 1. The molecule has 0 spiro atoms. The summed E-state index contributed by atoms with van der Waals surface area (Å²) in [5.74, 6) is -2.11. The third-order valence-electron chi connectivity index (χ3n) is 3.06. The third-order valence-corrected chi connectivity index (χ3v) is 3.55. The largest absolute Gasteiger partial charge is 0.511 e. The fourth-order valence-corrected chi connectivity index (χ4v) is 2.36. The van der Waals surface area contributed by atoms with Gasteiger partial charge in [-0.1, -0.05) is 15.9 Å². The molecule has 0 aliphatic heterocycles. The summed E-state index contributed by atoms with van der Waals surface area (Å²) in [4.78, 5) is 35.6. The zero-order valence-electron chi connectivity index (χ0n) is 15.7. The van der Waals surface area contributed by atoms with E-state index in [0.717, 1.165) is 12.3 Å². The van der Waals surface area contributed by atoms with Gasteiger partial charge >= 0.3 is 6.09 Å². The van der Waals surface area contributed by atoms with Crippen molar-refractivity contribution in [2.24, 2.45) is 11.5 Å². The second-order valence-corrected chi connectivity index (χ2v) is 7.54. The quantitative estimate of drug-likeness (QED) is 0.252. The average molecular weight is 455 g/mol. The van der Waals surface area contributed by atoms with Crippen LogP contribution in [0.5, 0.6) is 0 Å². The number of rotatable bonds is 6. The number of ether oxygens (including phenoxy) is 1. The number of aliphatic hydroxyl groups excluding tert-OH is 1. The summed E-state index contributed by atoms with van der Waals surface area (Å²) in [6.07, 6.45) is 0.892. The van der Waals surface area contributed by atoms with E-state index in [-0.39, 0.29) is 16.9 Å². The first-order valence-electron chi connectivity index (χ1n) is 8.12. The van der Waals surface area contributed by atoms with Gasteiger partial charge in [0.05, 0.1) is 23.4 Å². The van der Waals surface area contributed by atoms with Crippen LogP contribution in [-0.2, 0) is 14.3 Å². The third kappa shape index (κ3) is 7.70. The van der Waals surface area contributed by atoms with Gasteiger partial charge in [0.2, 0.25) is 5.91 Å². The Labute approximate surface area is 170 Å². The molecule has 0 fully saturated rings. The van der Waals surface area contributed by atoms with Gasteiger partial charge in [-0.2, -0.15) is 0 Å². The summed E-state index contributed by atoms with van der Waals surface area (Å²) < 4.78 is 5.83. The maximum atomic E-state index is 12.3. The molecule has 1 aromatic rings. The minimum atomic E-state index is -0.929. The highest BCUT2D eigenvalue weighted by molar-refractivity contribution is 9.10. The Kier molecular flexibility index (Phi) is 8.05. The van der Waals surface area contributed by atoms with Gasteiger partial charge in [-0.05, 0) is 51.2 Å². The summed E-state index contributed by atoms with van der Waals surface area (Å²) >= 11 is 3.28. The maximum Gasteiger partial charge on any atom is 0.412 e. The molecule has 0 atom stereocenters. The van der Waals surface area contributed by atoms with E-state index in [0.29, 0.717) is 4.47 Å². The monoisotopic (exact) mass is 454 g/mol. The molecular formula is C18H23BrN4O5. The van der Waals surface area contributed by atoms with Crippen molar-refractivity contribution in [2.45, 2.75) is 32.8 Å². The molecule has 1 rings (SSSR count). The summed E-state index contributed by atoms with van der Waals surface area (Å²) in [5, 5.41) is 15.1. The second-order valence-electron chi connectivity index (χ2n) is 6.63. The smallest absolute Gasteiger partial charge is 0.412 e. The zero-order valence-corrected chi connectivity index (χ0v) is 17.3. The molecule has 3 amide bonds. The number of hydrogen-bond donors (Lipinski definition) is 5. The van der Waals surface area contributed by atoms with Gasteiger partial charge in [0.15, 0.2) is 0 Å². The molecule has 0 saturated carbocycles. The Balaban J connectivity index is 3.00. The van der Waals surface area contributed by atoms with E-state index in [1.165, 1.54) is 0 Å². The molecule has 0 aliphatic rings. The second kappa shape index (κ2) is 9.79. The van der Waals surface area contributed by atoms with Crippen molar-refractivity contribution in [3.63, 3.8) is 0 Å². The van der Waals surface area contributed by atoms with Gasteiger partial charge in [-0.3, -0.25) is 14.9 Å². The van der Waals surface area contributed by atoms with E-state index in [1.54, 1.807) is 39.0 Å². The van der Waals surface area contributed by atoms with E-state index >= 15 is 0 Å². The van der Waals surface area contributed by atoms with Crippen LogP contribution in [0.4, 0.5) is 16.2 Å². The van der Waals surface area contributed by atoms with Crippen molar-refractivity contribution < 1.29 is 24.2 Å².